The van der Waals surface area contributed by atoms with E-state index >= 15 is 0 Å². The molecule has 0 aromatic carbocycles. The second-order valence-corrected chi connectivity index (χ2v) is 6.16. The van der Waals surface area contributed by atoms with E-state index in [4.69, 9.17) is 0 Å². The monoisotopic (exact) mass is 226 g/mol. The summed E-state index contributed by atoms with van der Waals surface area (Å²) < 4.78 is 0. The Bertz CT molecular complexity index is 276. The summed E-state index contributed by atoms with van der Waals surface area (Å²) >= 11 is 1.49. The predicted molar refractivity (Wildman–Crippen MR) is 68.1 cm³/mol. The van der Waals surface area contributed by atoms with Gasteiger partial charge in [0.2, 0.25) is 0 Å². The molecular formula is C13H22OS. The van der Waals surface area contributed by atoms with Crippen LogP contribution in [0, 0.1) is 5.41 Å². The molecule has 0 aromatic heterocycles. The van der Waals surface area contributed by atoms with Gasteiger partial charge >= 0.3 is 0 Å². The molecule has 1 aliphatic carbocycles. The molecule has 0 bridgehead atoms. The van der Waals surface area contributed by atoms with E-state index in [0.29, 0.717) is 17.0 Å². The molecule has 0 saturated carbocycles. The first-order chi connectivity index (χ1) is 6.97. The highest BCUT2D eigenvalue weighted by Gasteiger charge is 2.29. The third kappa shape index (κ3) is 3.37. The quantitative estimate of drug-likeness (QED) is 0.669. The Morgan fingerprint density at radius 1 is 1.47 bits per heavy atom. The Kier molecular flexibility index (Phi) is 4.45. The lowest BCUT2D eigenvalue weighted by atomic mass is 9.86. The number of hydrogen-bond donors (Lipinski definition) is 0. The summed E-state index contributed by atoms with van der Waals surface area (Å²) in [6.07, 6.45) is 4.09. The van der Waals surface area contributed by atoms with E-state index in [-0.39, 0.29) is 0 Å². The van der Waals surface area contributed by atoms with Gasteiger partial charge in [-0.05, 0) is 31.6 Å². The standard InChI is InChI=1S/C13H22OS/c1-5-8-15-12(14)9-11-6-7-13(3,4)10(11)2/h5-9H2,1-4H3. The second-order valence-electron chi connectivity index (χ2n) is 5.01. The van der Waals surface area contributed by atoms with Crippen molar-refractivity contribution in [2.75, 3.05) is 5.75 Å². The zero-order valence-corrected chi connectivity index (χ0v) is 11.2. The van der Waals surface area contributed by atoms with Crippen molar-refractivity contribution in [1.82, 2.24) is 0 Å². The van der Waals surface area contributed by atoms with Gasteiger partial charge in [0, 0.05) is 12.2 Å². The molecule has 0 atom stereocenters. The lowest BCUT2D eigenvalue weighted by molar-refractivity contribution is -0.110. The van der Waals surface area contributed by atoms with Gasteiger partial charge in [0.1, 0.15) is 0 Å². The molecule has 0 heterocycles. The molecule has 0 amide bonds. The van der Waals surface area contributed by atoms with E-state index in [0.717, 1.165) is 18.6 Å². The van der Waals surface area contributed by atoms with E-state index in [9.17, 15) is 4.79 Å². The van der Waals surface area contributed by atoms with E-state index in [2.05, 4.69) is 27.7 Å². The topological polar surface area (TPSA) is 17.1 Å². The molecule has 0 saturated heterocycles. The van der Waals surface area contributed by atoms with Gasteiger partial charge in [0.25, 0.3) is 0 Å². The molecule has 0 fully saturated rings. The van der Waals surface area contributed by atoms with Crippen LogP contribution in [0.5, 0.6) is 0 Å². The van der Waals surface area contributed by atoms with Gasteiger partial charge in [-0.1, -0.05) is 43.7 Å². The molecule has 1 rings (SSSR count). The van der Waals surface area contributed by atoms with Crippen LogP contribution in [0.1, 0.15) is 53.4 Å². The van der Waals surface area contributed by atoms with Crippen LogP contribution in [0.15, 0.2) is 11.1 Å². The highest BCUT2D eigenvalue weighted by molar-refractivity contribution is 8.13. The largest absolute Gasteiger partial charge is 0.287 e. The van der Waals surface area contributed by atoms with Crippen LogP contribution in [0.25, 0.3) is 0 Å². The molecule has 15 heavy (non-hydrogen) atoms. The summed E-state index contributed by atoms with van der Waals surface area (Å²) in [6.45, 7) is 8.86. The van der Waals surface area contributed by atoms with Gasteiger partial charge in [0.15, 0.2) is 5.12 Å². The van der Waals surface area contributed by atoms with Gasteiger partial charge < -0.3 is 0 Å². The minimum absolute atomic E-state index is 0.324. The number of carbonyl (C=O) groups is 1. The Hall–Kier alpha value is -0.240. The molecule has 0 spiro atoms. The first-order valence-electron chi connectivity index (χ1n) is 5.82. The molecule has 0 N–H and O–H groups in total. The Morgan fingerprint density at radius 2 is 2.13 bits per heavy atom. The van der Waals surface area contributed by atoms with Gasteiger partial charge in [-0.2, -0.15) is 0 Å². The van der Waals surface area contributed by atoms with Crippen LogP contribution in [-0.4, -0.2) is 10.9 Å². The van der Waals surface area contributed by atoms with Crippen molar-refractivity contribution >= 4 is 16.9 Å². The summed E-state index contributed by atoms with van der Waals surface area (Å²) in [5.41, 5.74) is 3.17. The maximum Gasteiger partial charge on any atom is 0.192 e. The molecule has 0 aliphatic heterocycles. The fourth-order valence-electron chi connectivity index (χ4n) is 1.98. The van der Waals surface area contributed by atoms with Crippen LogP contribution in [0.3, 0.4) is 0 Å². The van der Waals surface area contributed by atoms with Crippen molar-refractivity contribution in [3.05, 3.63) is 11.1 Å². The summed E-state index contributed by atoms with van der Waals surface area (Å²) in [5, 5.41) is 0.351. The van der Waals surface area contributed by atoms with Gasteiger partial charge in [-0.25, -0.2) is 0 Å². The smallest absolute Gasteiger partial charge is 0.192 e. The number of rotatable bonds is 4. The first-order valence-corrected chi connectivity index (χ1v) is 6.80. The molecule has 0 unspecified atom stereocenters. The molecule has 0 aromatic rings. The van der Waals surface area contributed by atoms with E-state index in [1.807, 2.05) is 0 Å². The normalized spacial score (nSPS) is 19.7. The Morgan fingerprint density at radius 3 is 2.60 bits per heavy atom. The first kappa shape index (κ1) is 12.8. The molecule has 0 radical (unpaired) electrons. The lowest BCUT2D eigenvalue weighted by Gasteiger charge is -2.19. The third-order valence-corrected chi connectivity index (χ3v) is 4.50. The fraction of sp³-hybridized carbons (Fsp3) is 0.769. The molecule has 1 nitrogen and oxygen atoms in total. The molecular weight excluding hydrogens is 204 g/mol. The highest BCUT2D eigenvalue weighted by Crippen LogP contribution is 2.43. The zero-order valence-electron chi connectivity index (χ0n) is 10.4. The van der Waals surface area contributed by atoms with Crippen LogP contribution in [0.4, 0.5) is 0 Å². The summed E-state index contributed by atoms with van der Waals surface area (Å²) in [7, 11) is 0. The van der Waals surface area contributed by atoms with E-state index in [1.165, 1.54) is 29.3 Å². The van der Waals surface area contributed by atoms with Crippen LogP contribution in [0.2, 0.25) is 0 Å². The minimum atomic E-state index is 0.324. The SMILES string of the molecule is CCCSC(=O)CC1=C(C)C(C)(C)CC1. The van der Waals surface area contributed by atoms with Crippen molar-refractivity contribution < 1.29 is 4.79 Å². The predicted octanol–water partition coefficient (Wildman–Crippen LogP) is 4.18. The van der Waals surface area contributed by atoms with Crippen LogP contribution in [-0.2, 0) is 4.79 Å². The number of carbonyl (C=O) groups excluding carboxylic acids is 1. The maximum atomic E-state index is 11.6. The maximum absolute atomic E-state index is 11.6. The molecule has 2 heteroatoms. The minimum Gasteiger partial charge on any atom is -0.287 e. The molecule has 1 aliphatic rings. The zero-order chi connectivity index (χ0) is 11.5. The van der Waals surface area contributed by atoms with Gasteiger partial charge in [-0.3, -0.25) is 4.79 Å². The summed E-state index contributed by atoms with van der Waals surface area (Å²) in [5.74, 6) is 0.967. The van der Waals surface area contributed by atoms with Crippen molar-refractivity contribution in [3.63, 3.8) is 0 Å². The number of allylic oxidation sites excluding steroid dienone is 2. The van der Waals surface area contributed by atoms with Crippen LogP contribution < -0.4 is 0 Å². The number of hydrogen-bond acceptors (Lipinski definition) is 2. The Balaban J connectivity index is 2.52. The van der Waals surface area contributed by atoms with Crippen LogP contribution >= 0.6 is 11.8 Å². The van der Waals surface area contributed by atoms with Gasteiger partial charge in [-0.15, -0.1) is 0 Å². The van der Waals surface area contributed by atoms with Crippen molar-refractivity contribution in [1.29, 1.82) is 0 Å². The highest BCUT2D eigenvalue weighted by atomic mass is 32.2. The van der Waals surface area contributed by atoms with Crippen molar-refractivity contribution in [2.24, 2.45) is 5.41 Å². The molecule has 86 valence electrons. The van der Waals surface area contributed by atoms with Gasteiger partial charge in [0.05, 0.1) is 0 Å². The van der Waals surface area contributed by atoms with Crippen molar-refractivity contribution in [2.45, 2.75) is 53.4 Å². The van der Waals surface area contributed by atoms with Crippen molar-refractivity contribution in [3.8, 4) is 0 Å². The average molecular weight is 226 g/mol. The second kappa shape index (κ2) is 5.20. The summed E-state index contributed by atoms with van der Waals surface area (Å²) in [4.78, 5) is 11.6. The average Bonchev–Trinajstić information content (AvgIpc) is 2.42. The Labute approximate surface area is 97.7 Å². The number of thioether (sulfide) groups is 1. The van der Waals surface area contributed by atoms with E-state index < -0.39 is 0 Å². The fourth-order valence-corrected chi connectivity index (χ4v) is 2.69. The summed E-state index contributed by atoms with van der Waals surface area (Å²) in [6, 6.07) is 0. The lowest BCUT2D eigenvalue weighted by Crippen LogP contribution is -2.07. The third-order valence-electron chi connectivity index (χ3n) is 3.42. The van der Waals surface area contributed by atoms with E-state index in [1.54, 1.807) is 0 Å².